The van der Waals surface area contributed by atoms with Gasteiger partial charge in [-0.15, -0.1) is 0 Å². The van der Waals surface area contributed by atoms with Crippen molar-refractivity contribution in [1.29, 1.82) is 0 Å². The molecule has 0 aliphatic carbocycles. The van der Waals surface area contributed by atoms with Crippen LogP contribution in [0, 0.1) is 12.7 Å². The Kier molecular flexibility index (Phi) is 7.45. The smallest absolute Gasteiger partial charge is 0.271 e. The SMILES string of the molecule is CCN1/C(=C\C=N\NC(=O)c2ccccc2)C(C)(Cc2c(Cl)ccc(C)c2F)c2cc(OC)ccc21. The molecule has 3 aromatic carbocycles. The van der Waals surface area contributed by atoms with Crippen LogP contribution in [0.25, 0.3) is 0 Å². The summed E-state index contributed by atoms with van der Waals surface area (Å²) in [6.45, 7) is 6.55. The maximum atomic E-state index is 15.3. The molecule has 4 rings (SSSR count). The first kappa shape index (κ1) is 25.5. The molecule has 0 fully saturated rings. The number of carbonyl (C=O) groups excluding carboxylic acids is 1. The van der Waals surface area contributed by atoms with Crippen LogP contribution >= 0.6 is 11.6 Å². The van der Waals surface area contributed by atoms with Gasteiger partial charge in [-0.05, 0) is 80.8 Å². The molecule has 0 saturated heterocycles. The van der Waals surface area contributed by atoms with Crippen LogP contribution in [-0.4, -0.2) is 25.8 Å². The van der Waals surface area contributed by atoms with E-state index in [-0.39, 0.29) is 11.7 Å². The molecule has 1 N–H and O–H groups in total. The molecule has 3 aromatic rings. The summed E-state index contributed by atoms with van der Waals surface area (Å²) in [7, 11) is 1.63. The van der Waals surface area contributed by atoms with Crippen LogP contribution in [0.2, 0.25) is 5.02 Å². The number of anilines is 1. The lowest BCUT2D eigenvalue weighted by atomic mass is 9.76. The van der Waals surface area contributed by atoms with Crippen molar-refractivity contribution in [2.75, 3.05) is 18.6 Å². The second-order valence-electron chi connectivity index (χ2n) is 8.93. The lowest BCUT2D eigenvalue weighted by molar-refractivity contribution is 0.0955. The van der Waals surface area contributed by atoms with Crippen molar-refractivity contribution in [3.63, 3.8) is 0 Å². The summed E-state index contributed by atoms with van der Waals surface area (Å²) in [5, 5.41) is 4.54. The second kappa shape index (κ2) is 10.5. The molecule has 7 heteroatoms. The third-order valence-corrected chi connectivity index (χ3v) is 7.03. The van der Waals surface area contributed by atoms with Gasteiger partial charge in [0, 0.05) is 45.7 Å². The van der Waals surface area contributed by atoms with Crippen molar-refractivity contribution in [2.24, 2.45) is 5.10 Å². The van der Waals surface area contributed by atoms with Crippen molar-refractivity contribution in [1.82, 2.24) is 5.43 Å². The fraction of sp³-hybridized carbons (Fsp3) is 0.241. The molecule has 0 saturated carbocycles. The maximum absolute atomic E-state index is 15.3. The Morgan fingerprint density at radius 3 is 2.64 bits per heavy atom. The molecule has 0 radical (unpaired) electrons. The number of hydrogen-bond donors (Lipinski definition) is 1. The lowest BCUT2D eigenvalue weighted by Crippen LogP contribution is -2.31. The van der Waals surface area contributed by atoms with Gasteiger partial charge in [-0.25, -0.2) is 9.82 Å². The molecule has 1 amide bonds. The molecule has 1 atom stereocenters. The van der Waals surface area contributed by atoms with Crippen LogP contribution < -0.4 is 15.1 Å². The Morgan fingerprint density at radius 1 is 1.19 bits per heavy atom. The van der Waals surface area contributed by atoms with E-state index in [2.05, 4.69) is 29.3 Å². The van der Waals surface area contributed by atoms with Crippen molar-refractivity contribution in [3.8, 4) is 5.75 Å². The first-order valence-electron chi connectivity index (χ1n) is 11.8. The van der Waals surface area contributed by atoms with Crippen molar-refractivity contribution < 1.29 is 13.9 Å². The van der Waals surface area contributed by atoms with Gasteiger partial charge in [0.25, 0.3) is 5.91 Å². The first-order valence-corrected chi connectivity index (χ1v) is 12.2. The first-order chi connectivity index (χ1) is 17.3. The van der Waals surface area contributed by atoms with Gasteiger partial charge in [0.05, 0.1) is 7.11 Å². The molecular formula is C29H29ClFN3O2. The molecule has 0 aromatic heterocycles. The number of carbonyl (C=O) groups is 1. The minimum Gasteiger partial charge on any atom is -0.497 e. The number of benzene rings is 3. The van der Waals surface area contributed by atoms with E-state index in [0.717, 1.165) is 22.7 Å². The summed E-state index contributed by atoms with van der Waals surface area (Å²) in [4.78, 5) is 14.5. The number of allylic oxidation sites excluding steroid dienone is 2. The molecule has 1 aliphatic rings. The zero-order valence-corrected chi connectivity index (χ0v) is 21.6. The van der Waals surface area contributed by atoms with Crippen LogP contribution in [0.4, 0.5) is 10.1 Å². The Balaban J connectivity index is 1.75. The third-order valence-electron chi connectivity index (χ3n) is 6.68. The summed E-state index contributed by atoms with van der Waals surface area (Å²) in [6, 6.07) is 18.2. The monoisotopic (exact) mass is 505 g/mol. The number of rotatable bonds is 7. The number of methoxy groups -OCH3 is 1. The van der Waals surface area contributed by atoms with Gasteiger partial charge in [-0.3, -0.25) is 4.79 Å². The quantitative estimate of drug-likeness (QED) is 0.297. The van der Waals surface area contributed by atoms with E-state index in [0.29, 0.717) is 34.7 Å². The highest BCUT2D eigenvalue weighted by Gasteiger charge is 2.44. The average molecular weight is 506 g/mol. The maximum Gasteiger partial charge on any atom is 0.271 e. The standard InChI is InChI=1S/C29H29ClFN3O2/c1-5-34-25-14-12-21(36-4)17-23(25)29(3,18-22-24(30)13-11-19(2)27(22)31)26(34)15-16-32-33-28(35)20-9-7-6-8-10-20/h6-17H,5,18H2,1-4H3,(H,33,35)/b26-15-,32-16+. The van der Waals surface area contributed by atoms with E-state index >= 15 is 4.39 Å². The van der Waals surface area contributed by atoms with Gasteiger partial charge < -0.3 is 9.64 Å². The van der Waals surface area contributed by atoms with Gasteiger partial charge in [0.2, 0.25) is 0 Å². The largest absolute Gasteiger partial charge is 0.497 e. The van der Waals surface area contributed by atoms with Crippen LogP contribution in [0.15, 0.2) is 77.5 Å². The summed E-state index contributed by atoms with van der Waals surface area (Å²) in [5.41, 5.74) is 6.40. The fourth-order valence-electron chi connectivity index (χ4n) is 4.77. The minimum atomic E-state index is -0.631. The zero-order valence-electron chi connectivity index (χ0n) is 20.8. The molecule has 1 heterocycles. The van der Waals surface area contributed by atoms with E-state index in [4.69, 9.17) is 16.3 Å². The highest BCUT2D eigenvalue weighted by atomic mass is 35.5. The van der Waals surface area contributed by atoms with Crippen molar-refractivity contribution >= 4 is 29.4 Å². The van der Waals surface area contributed by atoms with Gasteiger partial charge >= 0.3 is 0 Å². The van der Waals surface area contributed by atoms with Crippen LogP contribution in [0.1, 0.15) is 40.9 Å². The predicted octanol–water partition coefficient (Wildman–Crippen LogP) is 6.44. The van der Waals surface area contributed by atoms with Gasteiger partial charge in [-0.2, -0.15) is 5.10 Å². The Labute approximate surface area is 216 Å². The molecular weight excluding hydrogens is 477 g/mol. The highest BCUT2D eigenvalue weighted by Crippen LogP contribution is 2.51. The van der Waals surface area contributed by atoms with E-state index in [1.807, 2.05) is 30.3 Å². The summed E-state index contributed by atoms with van der Waals surface area (Å²) < 4.78 is 20.8. The third kappa shape index (κ3) is 4.73. The number of halogens is 2. The number of hydrogen-bond acceptors (Lipinski definition) is 4. The zero-order chi connectivity index (χ0) is 25.9. The number of nitrogens with zero attached hydrogens (tertiary/aromatic N) is 2. The van der Waals surface area contributed by atoms with Gasteiger partial charge in [-0.1, -0.05) is 35.9 Å². The summed E-state index contributed by atoms with van der Waals surface area (Å²) >= 11 is 6.49. The minimum absolute atomic E-state index is 0.298. The van der Waals surface area contributed by atoms with Crippen LogP contribution in [-0.2, 0) is 11.8 Å². The molecule has 186 valence electrons. The lowest BCUT2D eigenvalue weighted by Gasteiger charge is -2.30. The molecule has 36 heavy (non-hydrogen) atoms. The number of nitrogens with one attached hydrogen (secondary N) is 1. The molecule has 0 bridgehead atoms. The van der Waals surface area contributed by atoms with E-state index in [1.165, 1.54) is 0 Å². The molecule has 0 spiro atoms. The van der Waals surface area contributed by atoms with E-state index in [1.54, 1.807) is 56.6 Å². The van der Waals surface area contributed by atoms with E-state index < -0.39 is 5.41 Å². The normalized spacial score (nSPS) is 18.1. The fourth-order valence-corrected chi connectivity index (χ4v) is 4.99. The molecule has 1 aliphatic heterocycles. The Morgan fingerprint density at radius 2 is 1.94 bits per heavy atom. The second-order valence-corrected chi connectivity index (χ2v) is 9.34. The molecule has 1 unspecified atom stereocenters. The summed E-state index contributed by atoms with van der Waals surface area (Å²) in [6.07, 6.45) is 3.77. The van der Waals surface area contributed by atoms with Crippen molar-refractivity contribution in [2.45, 2.75) is 32.6 Å². The van der Waals surface area contributed by atoms with Gasteiger partial charge in [0.1, 0.15) is 11.6 Å². The summed E-state index contributed by atoms with van der Waals surface area (Å²) in [5.74, 6) is 0.122. The number of amides is 1. The van der Waals surface area contributed by atoms with Gasteiger partial charge in [0.15, 0.2) is 0 Å². The average Bonchev–Trinajstić information content (AvgIpc) is 3.13. The number of aryl methyl sites for hydroxylation is 1. The van der Waals surface area contributed by atoms with Crippen LogP contribution in [0.3, 0.4) is 0 Å². The number of likely N-dealkylation sites (N-methyl/N-ethyl adjacent to an activating group) is 1. The predicted molar refractivity (Wildman–Crippen MR) is 144 cm³/mol. The molecule has 5 nitrogen and oxygen atoms in total. The Hall–Kier alpha value is -3.64. The van der Waals surface area contributed by atoms with Crippen molar-refractivity contribution in [3.05, 3.63) is 106 Å². The number of hydrazone groups is 1. The van der Waals surface area contributed by atoms with Crippen LogP contribution in [0.5, 0.6) is 5.75 Å². The number of fused-ring (bicyclic) bond motifs is 1. The topological polar surface area (TPSA) is 53.9 Å². The number of ether oxygens (including phenoxy) is 1. The van der Waals surface area contributed by atoms with E-state index in [9.17, 15) is 4.79 Å². The Bertz CT molecular complexity index is 1340. The highest BCUT2D eigenvalue weighted by molar-refractivity contribution is 6.31.